The molecule has 39 heavy (non-hydrogen) atoms. The predicted molar refractivity (Wildman–Crippen MR) is 149 cm³/mol. The van der Waals surface area contributed by atoms with Crippen molar-refractivity contribution in [2.45, 2.75) is 25.0 Å². The van der Waals surface area contributed by atoms with E-state index in [0.29, 0.717) is 29.4 Å². The van der Waals surface area contributed by atoms with Crippen LogP contribution in [0.15, 0.2) is 77.8 Å². The van der Waals surface area contributed by atoms with Crippen molar-refractivity contribution in [2.75, 3.05) is 25.6 Å². The first kappa shape index (κ1) is 27.8. The SMILES string of the molecule is CCOC(=O)c1ccc(NC(=O)CC2SC(=Nc3ccccc3F)N(CCc3ccc(OC)cc3)C2=O)cc1. The number of methoxy groups -OCH3 is 1. The number of rotatable bonds is 10. The Kier molecular flexibility index (Phi) is 9.32. The van der Waals surface area contributed by atoms with E-state index in [1.807, 2.05) is 24.3 Å². The molecule has 1 aliphatic heterocycles. The molecule has 1 aliphatic rings. The Balaban J connectivity index is 1.46. The summed E-state index contributed by atoms with van der Waals surface area (Å²) in [6.07, 6.45) is 0.441. The van der Waals surface area contributed by atoms with Crippen molar-refractivity contribution in [2.24, 2.45) is 4.99 Å². The molecule has 0 aromatic heterocycles. The van der Waals surface area contributed by atoms with Gasteiger partial charge in [0.15, 0.2) is 5.17 Å². The summed E-state index contributed by atoms with van der Waals surface area (Å²) in [7, 11) is 1.59. The van der Waals surface area contributed by atoms with Crippen molar-refractivity contribution < 1.29 is 28.2 Å². The molecule has 8 nitrogen and oxygen atoms in total. The highest BCUT2D eigenvalue weighted by molar-refractivity contribution is 8.15. The summed E-state index contributed by atoms with van der Waals surface area (Å²) in [4.78, 5) is 43.9. The van der Waals surface area contributed by atoms with Gasteiger partial charge in [0.25, 0.3) is 0 Å². The molecule has 1 atom stereocenters. The van der Waals surface area contributed by atoms with Gasteiger partial charge in [-0.1, -0.05) is 36.0 Å². The van der Waals surface area contributed by atoms with E-state index in [0.717, 1.165) is 23.1 Å². The molecule has 10 heteroatoms. The number of hydrogen-bond donors (Lipinski definition) is 1. The first-order valence-corrected chi connectivity index (χ1v) is 13.3. The van der Waals surface area contributed by atoms with Gasteiger partial charge in [0.2, 0.25) is 11.8 Å². The molecule has 1 saturated heterocycles. The van der Waals surface area contributed by atoms with E-state index in [2.05, 4.69) is 10.3 Å². The Morgan fingerprint density at radius 2 is 1.77 bits per heavy atom. The summed E-state index contributed by atoms with van der Waals surface area (Å²) in [6, 6.07) is 19.9. The highest BCUT2D eigenvalue weighted by Gasteiger charge is 2.39. The Hall–Kier alpha value is -4.18. The van der Waals surface area contributed by atoms with Crippen LogP contribution in [0.5, 0.6) is 5.75 Å². The number of amidine groups is 1. The molecule has 0 spiro atoms. The smallest absolute Gasteiger partial charge is 0.338 e. The van der Waals surface area contributed by atoms with E-state index in [4.69, 9.17) is 9.47 Å². The van der Waals surface area contributed by atoms with Crippen LogP contribution in [0.25, 0.3) is 0 Å². The van der Waals surface area contributed by atoms with Crippen molar-refractivity contribution in [1.82, 2.24) is 4.90 Å². The molecule has 0 aliphatic carbocycles. The van der Waals surface area contributed by atoms with E-state index >= 15 is 0 Å². The minimum Gasteiger partial charge on any atom is -0.497 e. The molecule has 0 bridgehead atoms. The molecule has 0 radical (unpaired) electrons. The molecular weight excluding hydrogens is 521 g/mol. The number of benzene rings is 3. The van der Waals surface area contributed by atoms with Crippen molar-refractivity contribution in [3.8, 4) is 5.75 Å². The highest BCUT2D eigenvalue weighted by Crippen LogP contribution is 2.33. The van der Waals surface area contributed by atoms with Crippen LogP contribution in [0.2, 0.25) is 0 Å². The molecule has 3 aromatic rings. The number of halogens is 1. The number of nitrogens with one attached hydrogen (secondary N) is 1. The third-order valence-corrected chi connectivity index (χ3v) is 7.10. The molecule has 4 rings (SSSR count). The van der Waals surface area contributed by atoms with Crippen molar-refractivity contribution in [1.29, 1.82) is 0 Å². The third-order valence-electron chi connectivity index (χ3n) is 5.92. The zero-order valence-electron chi connectivity index (χ0n) is 21.6. The largest absolute Gasteiger partial charge is 0.497 e. The molecule has 1 unspecified atom stereocenters. The van der Waals surface area contributed by atoms with Crippen LogP contribution in [-0.2, 0) is 20.7 Å². The molecule has 2 amide bonds. The van der Waals surface area contributed by atoms with Gasteiger partial charge in [-0.2, -0.15) is 0 Å². The molecule has 3 aromatic carbocycles. The standard InChI is InChI=1S/C29H28FN3O5S/c1-3-38-28(36)20-10-12-21(13-11-20)31-26(34)18-25-27(35)33(17-16-19-8-14-22(37-2)15-9-19)29(39-25)32-24-7-5-4-6-23(24)30/h4-15,25H,3,16-18H2,1-2H3,(H,31,34). The van der Waals surface area contributed by atoms with Gasteiger partial charge in [-0.15, -0.1) is 0 Å². The van der Waals surface area contributed by atoms with Gasteiger partial charge < -0.3 is 14.8 Å². The summed E-state index contributed by atoms with van der Waals surface area (Å²) in [6.45, 7) is 2.31. The van der Waals surface area contributed by atoms with E-state index in [1.165, 1.54) is 17.0 Å². The molecule has 202 valence electrons. The zero-order valence-corrected chi connectivity index (χ0v) is 22.4. The number of thioether (sulfide) groups is 1. The van der Waals surface area contributed by atoms with Crippen LogP contribution >= 0.6 is 11.8 Å². The minimum atomic E-state index is -0.717. The Morgan fingerprint density at radius 1 is 1.05 bits per heavy atom. The summed E-state index contributed by atoms with van der Waals surface area (Å²) < 4.78 is 24.5. The van der Waals surface area contributed by atoms with E-state index in [1.54, 1.807) is 50.4 Å². The van der Waals surface area contributed by atoms with Gasteiger partial charge in [-0.05, 0) is 67.4 Å². The Bertz CT molecular complexity index is 1360. The highest BCUT2D eigenvalue weighted by atomic mass is 32.2. The summed E-state index contributed by atoms with van der Waals surface area (Å²) in [5.74, 6) is -0.848. The maximum atomic E-state index is 14.3. The number of esters is 1. The maximum Gasteiger partial charge on any atom is 0.338 e. The molecule has 0 saturated carbocycles. The van der Waals surface area contributed by atoms with E-state index in [9.17, 15) is 18.8 Å². The quantitative estimate of drug-likeness (QED) is 0.349. The van der Waals surface area contributed by atoms with E-state index < -0.39 is 17.0 Å². The van der Waals surface area contributed by atoms with Crippen LogP contribution in [0.3, 0.4) is 0 Å². The number of para-hydroxylation sites is 1. The van der Waals surface area contributed by atoms with Crippen LogP contribution in [0, 0.1) is 5.82 Å². The first-order valence-electron chi connectivity index (χ1n) is 12.4. The van der Waals surface area contributed by atoms with Crippen LogP contribution in [-0.4, -0.2) is 53.4 Å². The summed E-state index contributed by atoms with van der Waals surface area (Å²) >= 11 is 1.14. The van der Waals surface area contributed by atoms with E-state index in [-0.39, 0.29) is 30.5 Å². The third kappa shape index (κ3) is 7.23. The fourth-order valence-electron chi connectivity index (χ4n) is 3.89. The van der Waals surface area contributed by atoms with Gasteiger partial charge in [-0.3, -0.25) is 14.5 Å². The molecule has 1 N–H and O–H groups in total. The Labute approximate surface area is 230 Å². The van der Waals surface area contributed by atoms with Crippen LogP contribution < -0.4 is 10.1 Å². The number of ether oxygens (including phenoxy) is 2. The second-order valence-corrected chi connectivity index (χ2v) is 9.76. The van der Waals surface area contributed by atoms with Crippen LogP contribution in [0.1, 0.15) is 29.3 Å². The molecule has 1 heterocycles. The van der Waals surface area contributed by atoms with Gasteiger partial charge in [0.1, 0.15) is 22.5 Å². The fourth-order valence-corrected chi connectivity index (χ4v) is 5.07. The number of nitrogens with zero attached hydrogens (tertiary/aromatic N) is 2. The number of aliphatic imine (C=N–C) groups is 1. The van der Waals surface area contributed by atoms with Crippen molar-refractivity contribution in [3.05, 3.63) is 89.7 Å². The molecule has 1 fully saturated rings. The number of hydrogen-bond acceptors (Lipinski definition) is 7. The normalized spacial score (nSPS) is 15.9. The number of carbonyl (C=O) groups excluding carboxylic acids is 3. The van der Waals surface area contributed by atoms with Crippen LogP contribution in [0.4, 0.5) is 15.8 Å². The Morgan fingerprint density at radius 3 is 2.44 bits per heavy atom. The van der Waals surface area contributed by atoms with Gasteiger partial charge >= 0.3 is 5.97 Å². The average molecular weight is 550 g/mol. The molecular formula is C29H28FN3O5S. The lowest BCUT2D eigenvalue weighted by Gasteiger charge is -2.17. The maximum absolute atomic E-state index is 14.3. The lowest BCUT2D eigenvalue weighted by atomic mass is 10.1. The predicted octanol–water partition coefficient (Wildman–Crippen LogP) is 5.21. The number of anilines is 1. The topological polar surface area (TPSA) is 97.3 Å². The van der Waals surface area contributed by atoms with Gasteiger partial charge in [0.05, 0.1) is 19.3 Å². The summed E-state index contributed by atoms with van der Waals surface area (Å²) in [5.41, 5.74) is 1.97. The second-order valence-electron chi connectivity index (χ2n) is 8.59. The van der Waals surface area contributed by atoms with Crippen molar-refractivity contribution >= 4 is 46.1 Å². The van der Waals surface area contributed by atoms with Gasteiger partial charge in [-0.25, -0.2) is 14.2 Å². The first-order chi connectivity index (χ1) is 18.9. The lowest BCUT2D eigenvalue weighted by Crippen LogP contribution is -2.35. The number of carbonyl (C=O) groups is 3. The van der Waals surface area contributed by atoms with Gasteiger partial charge in [0, 0.05) is 18.7 Å². The lowest BCUT2D eigenvalue weighted by molar-refractivity contribution is -0.128. The average Bonchev–Trinajstić information content (AvgIpc) is 3.22. The zero-order chi connectivity index (χ0) is 27.8. The number of amides is 2. The fraction of sp³-hybridized carbons (Fsp3) is 0.241. The van der Waals surface area contributed by atoms with Crippen molar-refractivity contribution in [3.63, 3.8) is 0 Å². The monoisotopic (exact) mass is 549 g/mol. The summed E-state index contributed by atoms with van der Waals surface area (Å²) in [5, 5.41) is 2.38. The second kappa shape index (κ2) is 13.1. The minimum absolute atomic E-state index is 0.0988.